The molecule has 0 bridgehead atoms. The Bertz CT molecular complexity index is 3220. The van der Waals surface area contributed by atoms with E-state index in [1.54, 1.807) is 0 Å². The van der Waals surface area contributed by atoms with Gasteiger partial charge in [-0.05, 0) is 103 Å². The van der Waals surface area contributed by atoms with Gasteiger partial charge in [0, 0.05) is 27.5 Å². The lowest BCUT2D eigenvalue weighted by Crippen LogP contribution is -1.96. The largest absolute Gasteiger partial charge is 0.456 e. The van der Waals surface area contributed by atoms with E-state index in [0.717, 1.165) is 72.3 Å². The summed E-state index contributed by atoms with van der Waals surface area (Å²) in [4.78, 5) is 10.3. The molecule has 0 amide bonds. The summed E-state index contributed by atoms with van der Waals surface area (Å²) in [7, 11) is 0. The van der Waals surface area contributed by atoms with Crippen LogP contribution in [0, 0.1) is 0 Å². The Morgan fingerprint density at radius 2 is 0.754 bits per heavy atom. The van der Waals surface area contributed by atoms with Gasteiger partial charge in [0.05, 0.1) is 11.4 Å². The van der Waals surface area contributed by atoms with Gasteiger partial charge in [0.2, 0.25) is 0 Å². The zero-order chi connectivity index (χ0) is 37.7. The lowest BCUT2D eigenvalue weighted by atomic mass is 9.92. The Balaban J connectivity index is 1.07. The summed E-state index contributed by atoms with van der Waals surface area (Å²) in [5.74, 6) is 0.692. The lowest BCUT2D eigenvalue weighted by Gasteiger charge is -2.14. The Labute approximate surface area is 330 Å². The van der Waals surface area contributed by atoms with Crippen LogP contribution in [-0.4, -0.2) is 9.97 Å². The van der Waals surface area contributed by atoms with Crippen LogP contribution in [0.3, 0.4) is 0 Å². The van der Waals surface area contributed by atoms with Gasteiger partial charge in [-0.3, -0.25) is 0 Å². The van der Waals surface area contributed by atoms with Gasteiger partial charge < -0.3 is 4.42 Å². The average molecular weight is 727 g/mol. The molecule has 0 N–H and O–H groups in total. The normalized spacial score (nSPS) is 11.5. The molecule has 266 valence electrons. The Kier molecular flexibility index (Phi) is 7.82. The van der Waals surface area contributed by atoms with Crippen molar-refractivity contribution in [3.63, 3.8) is 0 Å². The van der Waals surface area contributed by atoms with Gasteiger partial charge in [-0.15, -0.1) is 0 Å². The quantitative estimate of drug-likeness (QED) is 0.160. The van der Waals surface area contributed by atoms with E-state index in [0.29, 0.717) is 5.82 Å². The molecule has 0 aliphatic heterocycles. The molecular weight excluding hydrogens is 693 g/mol. The van der Waals surface area contributed by atoms with E-state index >= 15 is 0 Å². The number of rotatable bonds is 6. The summed E-state index contributed by atoms with van der Waals surface area (Å²) >= 11 is 0. The molecule has 2 heterocycles. The molecule has 3 heteroatoms. The van der Waals surface area contributed by atoms with Crippen molar-refractivity contribution in [2.75, 3.05) is 0 Å². The maximum atomic E-state index is 6.22. The Hall–Kier alpha value is -7.62. The SMILES string of the molecule is c1ccc(-c2cc(-c3cc(-c4ccc(-c5ccc6ccc7ccccc7c6c5)cc4)cc(-c4ccc5oc6ccccc6c5c4)c3)nc(-c3ccccc3)n2)cc1. The summed E-state index contributed by atoms with van der Waals surface area (Å²) in [6.07, 6.45) is 0. The van der Waals surface area contributed by atoms with Crippen molar-refractivity contribution < 1.29 is 4.42 Å². The van der Waals surface area contributed by atoms with Gasteiger partial charge in [-0.1, -0.05) is 158 Å². The van der Waals surface area contributed by atoms with Crippen molar-refractivity contribution in [3.05, 3.63) is 206 Å². The van der Waals surface area contributed by atoms with E-state index in [4.69, 9.17) is 14.4 Å². The first-order valence-corrected chi connectivity index (χ1v) is 19.3. The average Bonchev–Trinajstić information content (AvgIpc) is 3.67. The maximum absolute atomic E-state index is 6.22. The zero-order valence-corrected chi connectivity index (χ0v) is 30.9. The van der Waals surface area contributed by atoms with Gasteiger partial charge >= 0.3 is 0 Å². The van der Waals surface area contributed by atoms with E-state index in [1.165, 1.54) is 32.7 Å². The molecule has 0 aliphatic rings. The van der Waals surface area contributed by atoms with Crippen LogP contribution in [0.25, 0.3) is 111 Å². The van der Waals surface area contributed by atoms with Gasteiger partial charge in [0.1, 0.15) is 11.2 Å². The molecule has 0 atom stereocenters. The smallest absolute Gasteiger partial charge is 0.160 e. The predicted octanol–water partition coefficient (Wildman–Crippen LogP) is 14.7. The van der Waals surface area contributed by atoms with E-state index in [-0.39, 0.29) is 0 Å². The molecule has 3 nitrogen and oxygen atoms in total. The molecule has 57 heavy (non-hydrogen) atoms. The molecule has 2 aromatic heterocycles. The number of furan rings is 1. The number of nitrogens with zero attached hydrogens (tertiary/aromatic N) is 2. The molecule has 0 saturated heterocycles. The minimum Gasteiger partial charge on any atom is -0.456 e. The summed E-state index contributed by atoms with van der Waals surface area (Å²) < 4.78 is 6.22. The number of aromatic nitrogens is 2. The predicted molar refractivity (Wildman–Crippen MR) is 237 cm³/mol. The first kappa shape index (κ1) is 32.8. The Morgan fingerprint density at radius 3 is 1.53 bits per heavy atom. The molecule has 11 aromatic rings. The standard InChI is InChI=1S/C54H34N2O/c1-3-12-39(13-4-1)50-34-51(56-54(55-50)40-14-5-2-6-15-40)45-30-43(29-44(31-45)42-27-28-53-49(33-42)47-17-9-10-18-52(47)57-53)36-21-19-35(20-22-36)41-26-25-38-24-23-37-11-7-8-16-46(37)48(38)32-41/h1-34H. The molecule has 0 spiro atoms. The molecule has 0 aliphatic carbocycles. The first-order valence-electron chi connectivity index (χ1n) is 19.3. The third-order valence-corrected chi connectivity index (χ3v) is 11.1. The van der Waals surface area contributed by atoms with E-state index in [9.17, 15) is 0 Å². The summed E-state index contributed by atoms with van der Waals surface area (Å²) in [5.41, 5.74) is 13.4. The number of para-hydroxylation sites is 1. The first-order chi connectivity index (χ1) is 28.2. The second-order valence-electron chi connectivity index (χ2n) is 14.6. The minimum absolute atomic E-state index is 0.692. The lowest BCUT2D eigenvalue weighted by molar-refractivity contribution is 0.669. The van der Waals surface area contributed by atoms with Crippen LogP contribution in [0.1, 0.15) is 0 Å². The van der Waals surface area contributed by atoms with Gasteiger partial charge in [-0.25, -0.2) is 9.97 Å². The van der Waals surface area contributed by atoms with Crippen LogP contribution in [0.15, 0.2) is 211 Å². The minimum atomic E-state index is 0.692. The van der Waals surface area contributed by atoms with Crippen LogP contribution in [0.5, 0.6) is 0 Å². The highest BCUT2D eigenvalue weighted by Crippen LogP contribution is 2.38. The Morgan fingerprint density at radius 1 is 0.263 bits per heavy atom. The summed E-state index contributed by atoms with van der Waals surface area (Å²) in [6.45, 7) is 0. The van der Waals surface area contributed by atoms with Gasteiger partial charge in [-0.2, -0.15) is 0 Å². The maximum Gasteiger partial charge on any atom is 0.160 e. The number of hydrogen-bond acceptors (Lipinski definition) is 3. The van der Waals surface area contributed by atoms with Crippen molar-refractivity contribution in [2.24, 2.45) is 0 Å². The third-order valence-electron chi connectivity index (χ3n) is 11.1. The molecule has 0 radical (unpaired) electrons. The van der Waals surface area contributed by atoms with Gasteiger partial charge in [0.25, 0.3) is 0 Å². The van der Waals surface area contributed by atoms with E-state index in [2.05, 4.69) is 170 Å². The van der Waals surface area contributed by atoms with Crippen molar-refractivity contribution in [1.29, 1.82) is 0 Å². The highest BCUT2D eigenvalue weighted by Gasteiger charge is 2.15. The van der Waals surface area contributed by atoms with E-state index < -0.39 is 0 Å². The van der Waals surface area contributed by atoms with E-state index in [1.807, 2.05) is 36.4 Å². The molecule has 0 fully saturated rings. The van der Waals surface area contributed by atoms with Crippen LogP contribution < -0.4 is 0 Å². The number of benzene rings is 9. The zero-order valence-electron chi connectivity index (χ0n) is 30.9. The molecule has 0 saturated carbocycles. The van der Waals surface area contributed by atoms with Crippen LogP contribution in [0.4, 0.5) is 0 Å². The number of hydrogen-bond donors (Lipinski definition) is 0. The fourth-order valence-corrected chi connectivity index (χ4v) is 8.12. The summed E-state index contributed by atoms with van der Waals surface area (Å²) in [5, 5.41) is 7.25. The topological polar surface area (TPSA) is 38.9 Å². The van der Waals surface area contributed by atoms with Crippen molar-refractivity contribution in [3.8, 4) is 67.3 Å². The third kappa shape index (κ3) is 6.03. The van der Waals surface area contributed by atoms with Crippen molar-refractivity contribution in [2.45, 2.75) is 0 Å². The second kappa shape index (κ2) is 13.6. The number of fused-ring (bicyclic) bond motifs is 6. The fraction of sp³-hybridized carbons (Fsp3) is 0. The van der Waals surface area contributed by atoms with Crippen LogP contribution >= 0.6 is 0 Å². The monoisotopic (exact) mass is 726 g/mol. The van der Waals surface area contributed by atoms with Crippen LogP contribution in [0.2, 0.25) is 0 Å². The van der Waals surface area contributed by atoms with Crippen molar-refractivity contribution >= 4 is 43.5 Å². The summed E-state index contributed by atoms with van der Waals surface area (Å²) in [6, 6.07) is 73.0. The fourth-order valence-electron chi connectivity index (χ4n) is 8.12. The molecule has 9 aromatic carbocycles. The highest BCUT2D eigenvalue weighted by molar-refractivity contribution is 6.09. The van der Waals surface area contributed by atoms with Crippen LogP contribution in [-0.2, 0) is 0 Å². The molecular formula is C54H34N2O. The van der Waals surface area contributed by atoms with Gasteiger partial charge in [0.15, 0.2) is 5.82 Å². The van der Waals surface area contributed by atoms with Crippen molar-refractivity contribution in [1.82, 2.24) is 9.97 Å². The molecule has 11 rings (SSSR count). The molecule has 0 unspecified atom stereocenters. The highest BCUT2D eigenvalue weighted by atomic mass is 16.3. The second-order valence-corrected chi connectivity index (χ2v) is 14.6.